The molecule has 1 unspecified atom stereocenters. The zero-order chi connectivity index (χ0) is 15.5. The topological polar surface area (TPSA) is 15.3 Å². The fraction of sp³-hybridized carbons (Fsp3) is 0.700. The Morgan fingerprint density at radius 3 is 2.50 bits per heavy atom. The van der Waals surface area contributed by atoms with Crippen molar-refractivity contribution in [2.75, 3.05) is 26.2 Å². The molecule has 0 amide bonds. The quantitative estimate of drug-likeness (QED) is 0.626. The lowest BCUT2D eigenvalue weighted by Gasteiger charge is -2.27. The highest BCUT2D eigenvalue weighted by atomic mass is 15.1. The van der Waals surface area contributed by atoms with Gasteiger partial charge in [-0.25, -0.2) is 0 Å². The van der Waals surface area contributed by atoms with Crippen LogP contribution in [0.5, 0.6) is 0 Å². The number of nitrogens with zero attached hydrogens (tertiary/aromatic N) is 1. The lowest BCUT2D eigenvalue weighted by Crippen LogP contribution is -2.32. The van der Waals surface area contributed by atoms with Crippen LogP contribution in [0.4, 0.5) is 0 Å². The van der Waals surface area contributed by atoms with Gasteiger partial charge in [-0.05, 0) is 57.4 Å². The Morgan fingerprint density at radius 1 is 1.00 bits per heavy atom. The lowest BCUT2D eigenvalue weighted by atomic mass is 10.0. The average molecular weight is 303 g/mol. The van der Waals surface area contributed by atoms with E-state index in [2.05, 4.69) is 47.5 Å². The summed E-state index contributed by atoms with van der Waals surface area (Å²) < 4.78 is 0. The van der Waals surface area contributed by atoms with Crippen LogP contribution in [-0.2, 0) is 0 Å². The molecular weight excluding hydrogens is 268 g/mol. The number of hydrogen-bond acceptors (Lipinski definition) is 2. The molecule has 2 heteroatoms. The SMILES string of the molecule is CCCCCC(NCCCN1CCCCC1)c1ccccc1. The van der Waals surface area contributed by atoms with E-state index in [4.69, 9.17) is 0 Å². The third-order valence-electron chi connectivity index (χ3n) is 4.79. The number of piperidine rings is 1. The summed E-state index contributed by atoms with van der Waals surface area (Å²) in [5.41, 5.74) is 1.46. The predicted octanol–water partition coefficient (Wildman–Crippen LogP) is 4.77. The van der Waals surface area contributed by atoms with Crippen molar-refractivity contribution in [3.05, 3.63) is 35.9 Å². The molecule has 22 heavy (non-hydrogen) atoms. The summed E-state index contributed by atoms with van der Waals surface area (Å²) in [5, 5.41) is 3.81. The molecule has 1 aromatic carbocycles. The van der Waals surface area contributed by atoms with E-state index in [0.717, 1.165) is 6.54 Å². The van der Waals surface area contributed by atoms with Crippen molar-refractivity contribution in [2.45, 2.75) is 64.3 Å². The molecule has 1 aromatic rings. The van der Waals surface area contributed by atoms with Crippen molar-refractivity contribution in [1.29, 1.82) is 0 Å². The van der Waals surface area contributed by atoms with Gasteiger partial charge in [0.25, 0.3) is 0 Å². The van der Waals surface area contributed by atoms with Crippen LogP contribution < -0.4 is 5.32 Å². The Morgan fingerprint density at radius 2 is 1.77 bits per heavy atom. The molecule has 1 aliphatic rings. The van der Waals surface area contributed by atoms with Gasteiger partial charge >= 0.3 is 0 Å². The Balaban J connectivity index is 1.71. The number of benzene rings is 1. The largest absolute Gasteiger partial charge is 0.310 e. The van der Waals surface area contributed by atoms with Crippen molar-refractivity contribution >= 4 is 0 Å². The Hall–Kier alpha value is -0.860. The Bertz CT molecular complexity index is 371. The third kappa shape index (κ3) is 6.50. The number of rotatable bonds is 10. The molecule has 1 aliphatic heterocycles. The zero-order valence-corrected chi connectivity index (χ0v) is 14.4. The van der Waals surface area contributed by atoms with Gasteiger partial charge in [-0.2, -0.15) is 0 Å². The predicted molar refractivity (Wildman–Crippen MR) is 96.2 cm³/mol. The maximum atomic E-state index is 3.81. The maximum Gasteiger partial charge on any atom is 0.0320 e. The van der Waals surface area contributed by atoms with Crippen molar-refractivity contribution in [1.82, 2.24) is 10.2 Å². The van der Waals surface area contributed by atoms with Gasteiger partial charge in [0.1, 0.15) is 0 Å². The second-order valence-electron chi connectivity index (χ2n) is 6.67. The smallest absolute Gasteiger partial charge is 0.0320 e. The van der Waals surface area contributed by atoms with Gasteiger partial charge in [0.15, 0.2) is 0 Å². The standard InChI is InChI=1S/C20H34N2/c1-2-3-6-14-20(19-12-7-4-8-13-19)21-15-11-18-22-16-9-5-10-17-22/h4,7-8,12-13,20-21H,2-3,5-6,9-11,14-18H2,1H3. The van der Waals surface area contributed by atoms with Crippen LogP contribution in [0.3, 0.4) is 0 Å². The van der Waals surface area contributed by atoms with Crippen LogP contribution in [0.1, 0.15) is 69.9 Å². The first-order chi connectivity index (χ1) is 10.9. The highest BCUT2D eigenvalue weighted by molar-refractivity contribution is 5.18. The monoisotopic (exact) mass is 302 g/mol. The van der Waals surface area contributed by atoms with Crippen LogP contribution in [-0.4, -0.2) is 31.1 Å². The number of nitrogens with one attached hydrogen (secondary N) is 1. The van der Waals surface area contributed by atoms with Gasteiger partial charge in [0, 0.05) is 6.04 Å². The molecule has 1 N–H and O–H groups in total. The Labute approximate surface area is 137 Å². The van der Waals surface area contributed by atoms with Gasteiger partial charge < -0.3 is 10.2 Å². The maximum absolute atomic E-state index is 3.81. The van der Waals surface area contributed by atoms with Crippen LogP contribution in [0.2, 0.25) is 0 Å². The molecule has 2 rings (SSSR count). The van der Waals surface area contributed by atoms with E-state index >= 15 is 0 Å². The summed E-state index contributed by atoms with van der Waals surface area (Å²) >= 11 is 0. The minimum Gasteiger partial charge on any atom is -0.310 e. The van der Waals surface area contributed by atoms with E-state index in [1.165, 1.54) is 76.6 Å². The second-order valence-corrected chi connectivity index (χ2v) is 6.67. The van der Waals surface area contributed by atoms with Crippen LogP contribution >= 0.6 is 0 Å². The average Bonchev–Trinajstić information content (AvgIpc) is 2.59. The zero-order valence-electron chi connectivity index (χ0n) is 14.4. The van der Waals surface area contributed by atoms with Crippen molar-refractivity contribution in [3.8, 4) is 0 Å². The van der Waals surface area contributed by atoms with E-state index in [-0.39, 0.29) is 0 Å². The van der Waals surface area contributed by atoms with Crippen molar-refractivity contribution in [2.24, 2.45) is 0 Å². The fourth-order valence-electron chi connectivity index (χ4n) is 3.43. The van der Waals surface area contributed by atoms with E-state index in [9.17, 15) is 0 Å². The molecule has 0 spiro atoms. The first-order valence-corrected chi connectivity index (χ1v) is 9.41. The minimum atomic E-state index is 0.536. The Kier molecular flexibility index (Phi) is 8.59. The molecule has 2 nitrogen and oxygen atoms in total. The molecule has 1 fully saturated rings. The van der Waals surface area contributed by atoms with E-state index in [1.54, 1.807) is 0 Å². The first kappa shape index (κ1) is 17.5. The van der Waals surface area contributed by atoms with Gasteiger partial charge in [-0.1, -0.05) is 62.9 Å². The van der Waals surface area contributed by atoms with Gasteiger partial charge in [0.2, 0.25) is 0 Å². The number of likely N-dealkylation sites (tertiary alicyclic amines) is 1. The summed E-state index contributed by atoms with van der Waals surface area (Å²) in [6, 6.07) is 11.5. The normalized spacial score (nSPS) is 17.5. The third-order valence-corrected chi connectivity index (χ3v) is 4.79. The molecule has 0 bridgehead atoms. The number of unbranched alkanes of at least 4 members (excludes halogenated alkanes) is 2. The van der Waals surface area contributed by atoms with Gasteiger partial charge in [-0.3, -0.25) is 0 Å². The molecular formula is C20H34N2. The van der Waals surface area contributed by atoms with Crippen molar-refractivity contribution in [3.63, 3.8) is 0 Å². The van der Waals surface area contributed by atoms with Crippen molar-refractivity contribution < 1.29 is 0 Å². The lowest BCUT2D eigenvalue weighted by molar-refractivity contribution is 0.224. The van der Waals surface area contributed by atoms with Gasteiger partial charge in [0.05, 0.1) is 0 Å². The molecule has 0 radical (unpaired) electrons. The van der Waals surface area contributed by atoms with Crippen LogP contribution in [0.15, 0.2) is 30.3 Å². The fourth-order valence-corrected chi connectivity index (χ4v) is 3.43. The molecule has 1 heterocycles. The summed E-state index contributed by atoms with van der Waals surface area (Å²) in [5.74, 6) is 0. The summed E-state index contributed by atoms with van der Waals surface area (Å²) in [4.78, 5) is 2.64. The highest BCUT2D eigenvalue weighted by Crippen LogP contribution is 2.19. The molecule has 1 saturated heterocycles. The highest BCUT2D eigenvalue weighted by Gasteiger charge is 2.12. The molecule has 0 aromatic heterocycles. The van der Waals surface area contributed by atoms with Crippen LogP contribution in [0, 0.1) is 0 Å². The molecule has 0 saturated carbocycles. The summed E-state index contributed by atoms with van der Waals surface area (Å²) in [7, 11) is 0. The summed E-state index contributed by atoms with van der Waals surface area (Å²) in [6.45, 7) is 7.33. The molecule has 0 aliphatic carbocycles. The first-order valence-electron chi connectivity index (χ1n) is 9.41. The van der Waals surface area contributed by atoms with E-state index in [1.807, 2.05) is 0 Å². The minimum absolute atomic E-state index is 0.536. The summed E-state index contributed by atoms with van der Waals surface area (Å²) in [6.07, 6.45) is 10.7. The number of hydrogen-bond donors (Lipinski definition) is 1. The van der Waals surface area contributed by atoms with Gasteiger partial charge in [-0.15, -0.1) is 0 Å². The van der Waals surface area contributed by atoms with E-state index < -0.39 is 0 Å². The molecule has 1 atom stereocenters. The second kappa shape index (κ2) is 10.8. The van der Waals surface area contributed by atoms with Crippen LogP contribution in [0.25, 0.3) is 0 Å². The van der Waals surface area contributed by atoms with E-state index in [0.29, 0.717) is 6.04 Å². The molecule has 124 valence electrons.